The highest BCUT2D eigenvalue weighted by molar-refractivity contribution is 6.07. The molecule has 2 aliphatic rings. The molecule has 0 saturated carbocycles. The van der Waals surface area contributed by atoms with Crippen molar-refractivity contribution in [3.05, 3.63) is 59.2 Å². The molecular weight excluding hydrogens is 338 g/mol. The SMILES string of the molecule is Cc1ccc(CNC(=O)c2ccc3c(c2)N(C)C(=O)C2CCCCN32)cc1. The van der Waals surface area contributed by atoms with Gasteiger partial charge in [0, 0.05) is 25.7 Å². The molecule has 0 aromatic heterocycles. The number of amides is 2. The van der Waals surface area contributed by atoms with Crippen molar-refractivity contribution < 1.29 is 9.59 Å². The highest BCUT2D eigenvalue weighted by Crippen LogP contribution is 2.39. The van der Waals surface area contributed by atoms with Gasteiger partial charge in [0.05, 0.1) is 11.4 Å². The fourth-order valence-electron chi connectivity index (χ4n) is 3.99. The zero-order chi connectivity index (χ0) is 19.0. The molecule has 0 aliphatic carbocycles. The molecule has 1 fully saturated rings. The summed E-state index contributed by atoms with van der Waals surface area (Å²) < 4.78 is 0. The number of likely N-dealkylation sites (N-methyl/N-ethyl adjacent to an activating group) is 1. The van der Waals surface area contributed by atoms with E-state index in [-0.39, 0.29) is 17.9 Å². The van der Waals surface area contributed by atoms with Crippen molar-refractivity contribution in [1.29, 1.82) is 0 Å². The number of carbonyl (C=O) groups excluding carboxylic acids is 2. The fraction of sp³-hybridized carbons (Fsp3) is 0.364. The second kappa shape index (κ2) is 7.06. The smallest absolute Gasteiger partial charge is 0.251 e. The second-order valence-corrected chi connectivity index (χ2v) is 7.47. The molecule has 0 radical (unpaired) electrons. The molecular formula is C22H25N3O2. The molecule has 0 bridgehead atoms. The molecule has 5 nitrogen and oxygen atoms in total. The first-order valence-electron chi connectivity index (χ1n) is 9.56. The number of benzene rings is 2. The van der Waals surface area contributed by atoms with E-state index in [1.165, 1.54) is 5.56 Å². The predicted molar refractivity (Wildman–Crippen MR) is 107 cm³/mol. The Kier molecular flexibility index (Phi) is 4.60. The Hall–Kier alpha value is -2.82. The Morgan fingerprint density at radius 3 is 2.67 bits per heavy atom. The van der Waals surface area contributed by atoms with E-state index in [1.807, 2.05) is 49.4 Å². The van der Waals surface area contributed by atoms with Crippen LogP contribution in [0.3, 0.4) is 0 Å². The number of hydrogen-bond acceptors (Lipinski definition) is 3. The average Bonchev–Trinajstić information content (AvgIpc) is 2.71. The molecule has 1 N–H and O–H groups in total. The number of nitrogens with one attached hydrogen (secondary N) is 1. The minimum Gasteiger partial charge on any atom is -0.358 e. The van der Waals surface area contributed by atoms with Gasteiger partial charge in [-0.3, -0.25) is 9.59 Å². The van der Waals surface area contributed by atoms with Crippen LogP contribution in [-0.4, -0.2) is 31.4 Å². The summed E-state index contributed by atoms with van der Waals surface area (Å²) in [6.07, 6.45) is 3.10. The van der Waals surface area contributed by atoms with Crippen LogP contribution in [0.25, 0.3) is 0 Å². The van der Waals surface area contributed by atoms with Crippen LogP contribution in [0.1, 0.15) is 40.7 Å². The zero-order valence-electron chi connectivity index (χ0n) is 15.9. The predicted octanol–water partition coefficient (Wildman–Crippen LogP) is 3.26. The van der Waals surface area contributed by atoms with E-state index in [1.54, 1.807) is 11.9 Å². The Balaban J connectivity index is 1.54. The Morgan fingerprint density at radius 1 is 1.11 bits per heavy atom. The summed E-state index contributed by atoms with van der Waals surface area (Å²) in [7, 11) is 1.81. The van der Waals surface area contributed by atoms with E-state index < -0.39 is 0 Å². The topological polar surface area (TPSA) is 52.7 Å². The third kappa shape index (κ3) is 3.29. The van der Waals surface area contributed by atoms with Crippen LogP contribution in [0.15, 0.2) is 42.5 Å². The van der Waals surface area contributed by atoms with Crippen LogP contribution < -0.4 is 15.1 Å². The summed E-state index contributed by atoms with van der Waals surface area (Å²) in [6.45, 7) is 3.43. The zero-order valence-corrected chi connectivity index (χ0v) is 15.9. The normalized spacial score (nSPS) is 18.7. The lowest BCUT2D eigenvalue weighted by Crippen LogP contribution is -2.54. The Labute approximate surface area is 160 Å². The minimum atomic E-state index is -0.125. The van der Waals surface area contributed by atoms with Gasteiger partial charge in [0.2, 0.25) is 5.91 Å². The van der Waals surface area contributed by atoms with E-state index in [0.29, 0.717) is 12.1 Å². The molecule has 2 aliphatic heterocycles. The average molecular weight is 363 g/mol. The number of rotatable bonds is 3. The third-order valence-electron chi connectivity index (χ3n) is 5.60. The lowest BCUT2D eigenvalue weighted by atomic mass is 9.96. The maximum Gasteiger partial charge on any atom is 0.251 e. The van der Waals surface area contributed by atoms with Gasteiger partial charge in [0.15, 0.2) is 0 Å². The number of anilines is 2. The summed E-state index contributed by atoms with van der Waals surface area (Å²) in [5, 5.41) is 2.97. The first-order chi connectivity index (χ1) is 13.0. The van der Waals surface area contributed by atoms with E-state index in [9.17, 15) is 9.59 Å². The molecule has 1 unspecified atom stereocenters. The van der Waals surface area contributed by atoms with Crippen LogP contribution >= 0.6 is 0 Å². The molecule has 2 aromatic carbocycles. The Morgan fingerprint density at radius 2 is 1.89 bits per heavy atom. The van der Waals surface area contributed by atoms with Crippen molar-refractivity contribution in [2.75, 3.05) is 23.4 Å². The molecule has 5 heteroatoms. The van der Waals surface area contributed by atoms with E-state index >= 15 is 0 Å². The quantitative estimate of drug-likeness (QED) is 0.911. The van der Waals surface area contributed by atoms with E-state index in [0.717, 1.165) is 42.7 Å². The van der Waals surface area contributed by atoms with Gasteiger partial charge in [-0.25, -0.2) is 0 Å². The molecule has 27 heavy (non-hydrogen) atoms. The molecule has 2 heterocycles. The van der Waals surface area contributed by atoms with E-state index in [2.05, 4.69) is 10.2 Å². The second-order valence-electron chi connectivity index (χ2n) is 7.47. The summed E-state index contributed by atoms with van der Waals surface area (Å²) in [6, 6.07) is 13.7. The number of fused-ring (bicyclic) bond motifs is 3. The van der Waals surface area contributed by atoms with Gasteiger partial charge < -0.3 is 15.1 Å². The fourth-order valence-corrected chi connectivity index (χ4v) is 3.99. The van der Waals surface area contributed by atoms with Crippen molar-refractivity contribution in [1.82, 2.24) is 5.32 Å². The van der Waals surface area contributed by atoms with Crippen molar-refractivity contribution in [2.24, 2.45) is 0 Å². The minimum absolute atomic E-state index is 0.0579. The van der Waals surface area contributed by atoms with Gasteiger partial charge in [-0.1, -0.05) is 29.8 Å². The van der Waals surface area contributed by atoms with Crippen LogP contribution in [0, 0.1) is 6.92 Å². The maximum atomic E-state index is 12.7. The van der Waals surface area contributed by atoms with Gasteiger partial charge in [0.1, 0.15) is 6.04 Å². The van der Waals surface area contributed by atoms with Gasteiger partial charge in [0.25, 0.3) is 5.91 Å². The molecule has 1 atom stereocenters. The molecule has 140 valence electrons. The largest absolute Gasteiger partial charge is 0.358 e. The van der Waals surface area contributed by atoms with Crippen molar-refractivity contribution in [3.8, 4) is 0 Å². The molecule has 2 aromatic rings. The molecule has 0 spiro atoms. The highest BCUT2D eigenvalue weighted by atomic mass is 16.2. The van der Waals surface area contributed by atoms with Gasteiger partial charge >= 0.3 is 0 Å². The van der Waals surface area contributed by atoms with Crippen molar-refractivity contribution in [2.45, 2.75) is 38.8 Å². The Bertz CT molecular complexity index is 876. The van der Waals surface area contributed by atoms with E-state index in [4.69, 9.17) is 0 Å². The number of nitrogens with zero attached hydrogens (tertiary/aromatic N) is 2. The lowest BCUT2D eigenvalue weighted by molar-refractivity contribution is -0.120. The van der Waals surface area contributed by atoms with Crippen LogP contribution in [0.4, 0.5) is 11.4 Å². The standard InChI is InChI=1S/C22H25N3O2/c1-15-6-8-16(9-7-15)14-23-21(26)17-10-11-18-20(13-17)24(2)22(27)19-5-3-4-12-25(18)19/h6-11,13,19H,3-5,12,14H2,1-2H3,(H,23,26). The molecule has 2 amide bonds. The number of hydrogen-bond donors (Lipinski definition) is 1. The lowest BCUT2D eigenvalue weighted by Gasteiger charge is -2.44. The number of aryl methyl sites for hydroxylation is 1. The number of piperidine rings is 1. The monoisotopic (exact) mass is 363 g/mol. The summed E-state index contributed by atoms with van der Waals surface area (Å²) in [4.78, 5) is 29.2. The highest BCUT2D eigenvalue weighted by Gasteiger charge is 2.37. The number of carbonyl (C=O) groups is 2. The molecule has 1 saturated heterocycles. The van der Waals surface area contributed by atoms with Crippen LogP contribution in [-0.2, 0) is 11.3 Å². The van der Waals surface area contributed by atoms with Crippen molar-refractivity contribution >= 4 is 23.2 Å². The third-order valence-corrected chi connectivity index (χ3v) is 5.60. The van der Waals surface area contributed by atoms with Gasteiger partial charge in [-0.05, 0) is 49.9 Å². The van der Waals surface area contributed by atoms with Crippen LogP contribution in [0.2, 0.25) is 0 Å². The van der Waals surface area contributed by atoms with Crippen molar-refractivity contribution in [3.63, 3.8) is 0 Å². The first kappa shape index (κ1) is 17.6. The first-order valence-corrected chi connectivity index (χ1v) is 9.56. The molecule has 4 rings (SSSR count). The van der Waals surface area contributed by atoms with Gasteiger partial charge in [-0.15, -0.1) is 0 Å². The summed E-state index contributed by atoms with van der Waals surface area (Å²) in [5.41, 5.74) is 4.72. The summed E-state index contributed by atoms with van der Waals surface area (Å²) >= 11 is 0. The van der Waals surface area contributed by atoms with Gasteiger partial charge in [-0.2, -0.15) is 0 Å². The summed E-state index contributed by atoms with van der Waals surface area (Å²) in [5.74, 6) is -0.000551. The van der Waals surface area contributed by atoms with Crippen LogP contribution in [0.5, 0.6) is 0 Å². The maximum absolute atomic E-state index is 12.7.